The number of fused-ring (bicyclic) bond motifs is 1. The molecule has 0 nitrogen and oxygen atoms in total. The minimum atomic E-state index is -1.87. The molecule has 0 saturated carbocycles. The van der Waals surface area contributed by atoms with Gasteiger partial charge in [0.1, 0.15) is 8.07 Å². The van der Waals surface area contributed by atoms with E-state index in [-0.39, 0.29) is 0 Å². The van der Waals surface area contributed by atoms with Gasteiger partial charge in [-0.1, -0.05) is 85.6 Å². The third-order valence-electron chi connectivity index (χ3n) is 4.73. The van der Waals surface area contributed by atoms with E-state index in [1.165, 1.54) is 21.5 Å². The highest BCUT2D eigenvalue weighted by Crippen LogP contribution is 2.29. The number of benzene rings is 3. The molecule has 2 aromatic rings. The second-order valence-electron chi connectivity index (χ2n) is 6.58. The van der Waals surface area contributed by atoms with Gasteiger partial charge >= 0.3 is 0 Å². The lowest BCUT2D eigenvalue weighted by molar-refractivity contribution is 1.55. The van der Waals surface area contributed by atoms with Crippen molar-refractivity contribution < 1.29 is 0 Å². The molecule has 1 heteroatoms. The summed E-state index contributed by atoms with van der Waals surface area (Å²) in [6.45, 7) is 4.58. The second kappa shape index (κ2) is 6.86. The molecule has 4 rings (SSSR count). The second-order valence-corrected chi connectivity index (χ2v) is 10.9. The third kappa shape index (κ3) is 3.16. The van der Waals surface area contributed by atoms with Crippen LogP contribution in [0.2, 0.25) is 13.1 Å². The topological polar surface area (TPSA) is 0 Å². The van der Waals surface area contributed by atoms with Crippen molar-refractivity contribution in [3.63, 3.8) is 0 Å². The molecule has 0 aliphatic heterocycles. The summed E-state index contributed by atoms with van der Waals surface area (Å²) in [4.78, 5) is 0. The van der Waals surface area contributed by atoms with E-state index in [1.807, 2.05) is 36.4 Å². The van der Waals surface area contributed by atoms with Crippen LogP contribution in [-0.2, 0) is 0 Å². The molecule has 2 aliphatic rings. The molecule has 0 aromatic heterocycles. The lowest BCUT2D eigenvalue weighted by Gasteiger charge is -2.26. The van der Waals surface area contributed by atoms with Crippen LogP contribution in [0.15, 0.2) is 72.8 Å². The highest BCUT2D eigenvalue weighted by molar-refractivity contribution is 7.01. The summed E-state index contributed by atoms with van der Waals surface area (Å²) in [6.07, 6.45) is 11.3. The summed E-state index contributed by atoms with van der Waals surface area (Å²) in [7, 11) is -1.87. The molecule has 0 spiro atoms. The maximum Gasteiger partial charge on any atom is 0.115 e. The average Bonchev–Trinajstić information content (AvgIpc) is 2.65. The maximum absolute atomic E-state index is 5.63. The molecule has 0 atom stereocenters. The van der Waals surface area contributed by atoms with Crippen LogP contribution in [-0.4, -0.2) is 8.07 Å². The molecule has 2 aliphatic carbocycles. The zero-order valence-electron chi connectivity index (χ0n) is 14.6. The fourth-order valence-corrected chi connectivity index (χ4v) is 6.09. The van der Waals surface area contributed by atoms with Gasteiger partial charge in [0.05, 0.1) is 0 Å². The summed E-state index contributed by atoms with van der Waals surface area (Å²) in [5.74, 6) is 5.58. The maximum atomic E-state index is 5.63. The molecule has 2 aromatic carbocycles. The Morgan fingerprint density at radius 3 is 1.24 bits per heavy atom. The predicted octanol–water partition coefficient (Wildman–Crippen LogP) is 4.14. The summed E-state index contributed by atoms with van der Waals surface area (Å²) >= 11 is 0. The van der Waals surface area contributed by atoms with Crippen molar-refractivity contribution in [3.05, 3.63) is 83.9 Å². The van der Waals surface area contributed by atoms with Crippen LogP contribution in [0, 0.1) is 24.7 Å². The van der Waals surface area contributed by atoms with Crippen LogP contribution in [0.1, 0.15) is 11.1 Å². The van der Waals surface area contributed by atoms with Crippen LogP contribution in [0.25, 0.3) is 11.1 Å². The molecule has 0 saturated heterocycles. The molecule has 0 heterocycles. The Kier molecular flexibility index (Phi) is 4.62. The fourth-order valence-electron chi connectivity index (χ4n) is 3.12. The van der Waals surface area contributed by atoms with Gasteiger partial charge in [0.15, 0.2) is 0 Å². The quantitative estimate of drug-likeness (QED) is 0.381. The number of terminal acetylenes is 2. The number of hydrogen-bond donors (Lipinski definition) is 0. The number of hydrogen-bond acceptors (Lipinski definition) is 0. The standard InChI is InChI=1S/C18H16Si.C6H4/c1-5-15-11-7-9-13-17(15)19(3,4)18-14-10-8-12-16(18)6-2;1-2-6-4-3-5(1)6/h1-2,7-14H,3-4H3;1-4H. The minimum Gasteiger partial charge on any atom is -0.115 e. The van der Waals surface area contributed by atoms with Gasteiger partial charge in [-0.3, -0.25) is 0 Å². The van der Waals surface area contributed by atoms with E-state index < -0.39 is 8.07 Å². The van der Waals surface area contributed by atoms with Crippen LogP contribution in [0.5, 0.6) is 0 Å². The molecular weight excluding hydrogens is 316 g/mol. The van der Waals surface area contributed by atoms with Gasteiger partial charge in [0, 0.05) is 11.1 Å². The zero-order valence-corrected chi connectivity index (χ0v) is 15.6. The van der Waals surface area contributed by atoms with Gasteiger partial charge in [-0.05, 0) is 33.6 Å². The largest absolute Gasteiger partial charge is 0.115 e. The van der Waals surface area contributed by atoms with E-state index in [0.717, 1.165) is 11.1 Å². The van der Waals surface area contributed by atoms with Crippen LogP contribution < -0.4 is 10.4 Å². The molecule has 0 amide bonds. The minimum absolute atomic E-state index is 0.978. The van der Waals surface area contributed by atoms with E-state index in [0.29, 0.717) is 0 Å². The van der Waals surface area contributed by atoms with Gasteiger partial charge in [0.2, 0.25) is 0 Å². The molecule has 120 valence electrons. The van der Waals surface area contributed by atoms with Crippen LogP contribution in [0.3, 0.4) is 0 Å². The summed E-state index contributed by atoms with van der Waals surface area (Å²) in [5.41, 5.74) is 4.81. The first-order valence-corrected chi connectivity index (χ1v) is 11.3. The Bertz CT molecular complexity index is 899. The average molecular weight is 337 g/mol. The highest BCUT2D eigenvalue weighted by Gasteiger charge is 2.29. The first-order valence-electron chi connectivity index (χ1n) is 8.30. The highest BCUT2D eigenvalue weighted by atomic mass is 28.3. The number of rotatable bonds is 2. The molecule has 0 unspecified atom stereocenters. The first-order chi connectivity index (χ1) is 12.1. The molecular formula is C24H20Si. The Hall–Kier alpha value is -3.00. The summed E-state index contributed by atoms with van der Waals surface area (Å²) in [6, 6.07) is 24.8. The summed E-state index contributed by atoms with van der Waals surface area (Å²) < 4.78 is 0. The van der Waals surface area contributed by atoms with Gasteiger partial charge in [0.25, 0.3) is 0 Å². The van der Waals surface area contributed by atoms with Gasteiger partial charge in [-0.25, -0.2) is 0 Å². The van der Waals surface area contributed by atoms with E-state index in [2.05, 4.69) is 61.3 Å². The third-order valence-corrected chi connectivity index (χ3v) is 8.30. The van der Waals surface area contributed by atoms with Gasteiger partial charge < -0.3 is 0 Å². The van der Waals surface area contributed by atoms with E-state index in [4.69, 9.17) is 12.8 Å². The van der Waals surface area contributed by atoms with Crippen molar-refractivity contribution >= 4 is 18.4 Å². The molecule has 0 N–H and O–H groups in total. The van der Waals surface area contributed by atoms with Crippen LogP contribution >= 0.6 is 0 Å². The van der Waals surface area contributed by atoms with E-state index in [9.17, 15) is 0 Å². The van der Waals surface area contributed by atoms with Crippen molar-refractivity contribution in [3.8, 4) is 35.8 Å². The van der Waals surface area contributed by atoms with Crippen molar-refractivity contribution in [1.82, 2.24) is 0 Å². The Labute approximate surface area is 151 Å². The van der Waals surface area contributed by atoms with Gasteiger partial charge in [-0.15, -0.1) is 12.8 Å². The van der Waals surface area contributed by atoms with Crippen molar-refractivity contribution in [2.75, 3.05) is 0 Å². The SMILES string of the molecule is C#Cc1ccccc1[Si](C)(C)c1ccccc1C#C.c1cc2ccc1-2. The Morgan fingerprint density at radius 1 is 0.600 bits per heavy atom. The van der Waals surface area contributed by atoms with Crippen molar-refractivity contribution in [1.29, 1.82) is 0 Å². The van der Waals surface area contributed by atoms with E-state index >= 15 is 0 Å². The molecule has 25 heavy (non-hydrogen) atoms. The van der Waals surface area contributed by atoms with E-state index in [1.54, 1.807) is 0 Å². The normalized spacial score (nSPS) is 10.7. The summed E-state index contributed by atoms with van der Waals surface area (Å²) in [5, 5.41) is 2.53. The predicted molar refractivity (Wildman–Crippen MR) is 111 cm³/mol. The molecule has 0 fully saturated rings. The van der Waals surface area contributed by atoms with Crippen molar-refractivity contribution in [2.45, 2.75) is 13.1 Å². The lowest BCUT2D eigenvalue weighted by Crippen LogP contribution is -2.55. The van der Waals surface area contributed by atoms with Gasteiger partial charge in [-0.2, -0.15) is 0 Å². The Morgan fingerprint density at radius 2 is 0.960 bits per heavy atom. The smallest absolute Gasteiger partial charge is 0.115 e. The zero-order chi connectivity index (χ0) is 17.9. The Balaban J connectivity index is 0.000000250. The van der Waals surface area contributed by atoms with Crippen molar-refractivity contribution in [2.24, 2.45) is 0 Å². The molecule has 0 radical (unpaired) electrons. The monoisotopic (exact) mass is 336 g/mol. The first kappa shape index (κ1) is 16.8. The lowest BCUT2D eigenvalue weighted by atomic mass is 9.95. The fraction of sp³-hybridized carbons (Fsp3) is 0.0833. The van der Waals surface area contributed by atoms with Crippen LogP contribution in [0.4, 0.5) is 0 Å². The molecule has 0 bridgehead atoms.